The minimum absolute atomic E-state index is 0.0367. The van der Waals surface area contributed by atoms with Gasteiger partial charge in [-0.2, -0.15) is 5.10 Å². The second-order valence-corrected chi connectivity index (χ2v) is 6.03. The summed E-state index contributed by atoms with van der Waals surface area (Å²) in [4.78, 5) is 14.3. The van der Waals surface area contributed by atoms with E-state index >= 15 is 0 Å². The molecular weight excluding hydrogens is 276 g/mol. The summed E-state index contributed by atoms with van der Waals surface area (Å²) in [5.74, 6) is 0.424. The summed E-state index contributed by atoms with van der Waals surface area (Å²) in [6, 6.07) is 8.57. The van der Waals surface area contributed by atoms with Gasteiger partial charge in [-0.1, -0.05) is 29.8 Å². The molecule has 1 aliphatic rings. The topological polar surface area (TPSA) is 50.2 Å². The van der Waals surface area contributed by atoms with Gasteiger partial charge < -0.3 is 10.2 Å². The largest absolute Gasteiger partial charge is 0.324 e. The molecule has 1 saturated heterocycles. The maximum atomic E-state index is 12.4. The fourth-order valence-electron chi connectivity index (χ4n) is 3.05. The third-order valence-electron chi connectivity index (χ3n) is 4.18. The molecule has 22 heavy (non-hydrogen) atoms. The van der Waals surface area contributed by atoms with E-state index in [2.05, 4.69) is 41.6 Å². The standard InChI is InChI=1S/C17H22N4O/c1-13-5-3-6-14(9-13)15-7-4-8-21(11-15)17(22)19-16-10-18-20(2)12-16/h3,5-6,9-10,12,15H,4,7-8,11H2,1-2H3,(H,19,22). The van der Waals surface area contributed by atoms with Gasteiger partial charge in [0.2, 0.25) is 0 Å². The number of hydrogen-bond acceptors (Lipinski definition) is 2. The van der Waals surface area contributed by atoms with Gasteiger partial charge in [-0.15, -0.1) is 0 Å². The van der Waals surface area contributed by atoms with Crippen LogP contribution in [0.3, 0.4) is 0 Å². The van der Waals surface area contributed by atoms with Crippen LogP contribution in [0.25, 0.3) is 0 Å². The monoisotopic (exact) mass is 298 g/mol. The van der Waals surface area contributed by atoms with Crippen molar-refractivity contribution in [3.8, 4) is 0 Å². The van der Waals surface area contributed by atoms with Crippen LogP contribution < -0.4 is 5.32 Å². The molecule has 5 nitrogen and oxygen atoms in total. The number of anilines is 1. The third kappa shape index (κ3) is 3.30. The number of urea groups is 1. The first-order chi connectivity index (χ1) is 10.6. The van der Waals surface area contributed by atoms with E-state index in [1.165, 1.54) is 11.1 Å². The van der Waals surface area contributed by atoms with Crippen molar-refractivity contribution in [3.05, 3.63) is 47.8 Å². The maximum Gasteiger partial charge on any atom is 0.321 e. The highest BCUT2D eigenvalue weighted by atomic mass is 16.2. The van der Waals surface area contributed by atoms with Gasteiger partial charge in [0.1, 0.15) is 0 Å². The Hall–Kier alpha value is -2.30. The second-order valence-electron chi connectivity index (χ2n) is 6.03. The van der Waals surface area contributed by atoms with Crippen LogP contribution in [0.2, 0.25) is 0 Å². The molecular formula is C17H22N4O. The highest BCUT2D eigenvalue weighted by molar-refractivity contribution is 5.89. The SMILES string of the molecule is Cc1cccc(C2CCCN(C(=O)Nc3cnn(C)c3)C2)c1. The average Bonchev–Trinajstić information content (AvgIpc) is 2.92. The van der Waals surface area contributed by atoms with Crippen LogP contribution in [0.1, 0.15) is 29.9 Å². The molecule has 0 spiro atoms. The molecule has 0 aliphatic carbocycles. The lowest BCUT2D eigenvalue weighted by molar-refractivity contribution is 0.193. The molecule has 0 radical (unpaired) electrons. The number of benzene rings is 1. The Morgan fingerprint density at radius 2 is 2.27 bits per heavy atom. The van der Waals surface area contributed by atoms with E-state index in [0.717, 1.165) is 31.6 Å². The molecule has 1 aromatic carbocycles. The minimum Gasteiger partial charge on any atom is -0.324 e. The Labute approximate surface area is 130 Å². The van der Waals surface area contributed by atoms with Crippen LogP contribution in [0.4, 0.5) is 10.5 Å². The van der Waals surface area contributed by atoms with Crippen molar-refractivity contribution in [2.45, 2.75) is 25.7 Å². The molecule has 5 heteroatoms. The number of nitrogens with one attached hydrogen (secondary N) is 1. The van der Waals surface area contributed by atoms with E-state index in [1.807, 2.05) is 11.9 Å². The van der Waals surface area contributed by atoms with E-state index in [-0.39, 0.29) is 6.03 Å². The van der Waals surface area contributed by atoms with Gasteiger partial charge in [-0.3, -0.25) is 4.68 Å². The Bertz CT molecular complexity index is 664. The van der Waals surface area contributed by atoms with Gasteiger partial charge >= 0.3 is 6.03 Å². The Kier molecular flexibility index (Phi) is 4.13. The zero-order valence-corrected chi connectivity index (χ0v) is 13.1. The first kappa shape index (κ1) is 14.6. The highest BCUT2D eigenvalue weighted by Crippen LogP contribution is 2.27. The predicted molar refractivity (Wildman–Crippen MR) is 87.0 cm³/mol. The van der Waals surface area contributed by atoms with Crippen LogP contribution in [0, 0.1) is 6.92 Å². The first-order valence-corrected chi connectivity index (χ1v) is 7.73. The number of hydrogen-bond donors (Lipinski definition) is 1. The lowest BCUT2D eigenvalue weighted by Gasteiger charge is -2.33. The number of aromatic nitrogens is 2. The number of likely N-dealkylation sites (tertiary alicyclic amines) is 1. The Morgan fingerprint density at radius 3 is 3.00 bits per heavy atom. The Balaban J connectivity index is 1.66. The smallest absolute Gasteiger partial charge is 0.321 e. The zero-order chi connectivity index (χ0) is 15.5. The number of carbonyl (C=O) groups excluding carboxylic acids is 1. The van der Waals surface area contributed by atoms with Crippen LogP contribution >= 0.6 is 0 Å². The molecule has 1 fully saturated rings. The first-order valence-electron chi connectivity index (χ1n) is 7.73. The summed E-state index contributed by atoms with van der Waals surface area (Å²) in [5, 5.41) is 6.99. The van der Waals surface area contributed by atoms with Gasteiger partial charge in [-0.25, -0.2) is 4.79 Å². The van der Waals surface area contributed by atoms with Crippen molar-refractivity contribution < 1.29 is 4.79 Å². The molecule has 2 heterocycles. The Morgan fingerprint density at radius 1 is 1.41 bits per heavy atom. The van der Waals surface area contributed by atoms with Crippen molar-refractivity contribution in [2.75, 3.05) is 18.4 Å². The fourth-order valence-corrected chi connectivity index (χ4v) is 3.05. The van der Waals surface area contributed by atoms with Crippen molar-refractivity contribution in [3.63, 3.8) is 0 Å². The van der Waals surface area contributed by atoms with E-state index in [9.17, 15) is 4.79 Å². The lowest BCUT2D eigenvalue weighted by Crippen LogP contribution is -2.41. The van der Waals surface area contributed by atoms with Crippen molar-refractivity contribution in [1.82, 2.24) is 14.7 Å². The maximum absolute atomic E-state index is 12.4. The van der Waals surface area contributed by atoms with Crippen LogP contribution in [0.15, 0.2) is 36.7 Å². The van der Waals surface area contributed by atoms with Gasteiger partial charge in [0.05, 0.1) is 11.9 Å². The van der Waals surface area contributed by atoms with Gasteiger partial charge in [0.15, 0.2) is 0 Å². The summed E-state index contributed by atoms with van der Waals surface area (Å²) in [5.41, 5.74) is 3.35. The van der Waals surface area contributed by atoms with E-state index < -0.39 is 0 Å². The number of nitrogens with zero attached hydrogens (tertiary/aromatic N) is 3. The molecule has 3 rings (SSSR count). The van der Waals surface area contributed by atoms with E-state index in [1.54, 1.807) is 17.1 Å². The number of rotatable bonds is 2. The molecule has 1 N–H and O–H groups in total. The van der Waals surface area contributed by atoms with Gasteiger partial charge in [-0.05, 0) is 25.3 Å². The van der Waals surface area contributed by atoms with E-state index in [4.69, 9.17) is 0 Å². The number of piperidine rings is 1. The molecule has 1 aliphatic heterocycles. The second kappa shape index (κ2) is 6.22. The molecule has 116 valence electrons. The molecule has 1 unspecified atom stereocenters. The lowest BCUT2D eigenvalue weighted by atomic mass is 9.90. The molecule has 1 aromatic heterocycles. The fraction of sp³-hybridized carbons (Fsp3) is 0.412. The normalized spacial score (nSPS) is 18.3. The molecule has 2 aromatic rings. The molecule has 1 atom stereocenters. The highest BCUT2D eigenvalue weighted by Gasteiger charge is 2.25. The third-order valence-corrected chi connectivity index (χ3v) is 4.18. The summed E-state index contributed by atoms with van der Waals surface area (Å²) >= 11 is 0. The summed E-state index contributed by atoms with van der Waals surface area (Å²) in [6.45, 7) is 3.70. The summed E-state index contributed by atoms with van der Waals surface area (Å²) < 4.78 is 1.68. The predicted octanol–water partition coefficient (Wildman–Crippen LogP) is 3.14. The molecule has 0 bridgehead atoms. The number of carbonyl (C=O) groups is 1. The van der Waals surface area contributed by atoms with Gasteiger partial charge in [0, 0.05) is 32.3 Å². The van der Waals surface area contributed by atoms with Crippen molar-refractivity contribution in [1.29, 1.82) is 0 Å². The molecule has 0 saturated carbocycles. The quantitative estimate of drug-likeness (QED) is 0.926. The summed E-state index contributed by atoms with van der Waals surface area (Å²) in [6.07, 6.45) is 5.65. The average molecular weight is 298 g/mol. The zero-order valence-electron chi connectivity index (χ0n) is 13.1. The van der Waals surface area contributed by atoms with Gasteiger partial charge in [0.25, 0.3) is 0 Å². The summed E-state index contributed by atoms with van der Waals surface area (Å²) in [7, 11) is 1.84. The van der Waals surface area contributed by atoms with Crippen LogP contribution in [-0.4, -0.2) is 33.8 Å². The molecule has 2 amide bonds. The number of amides is 2. The van der Waals surface area contributed by atoms with Crippen LogP contribution in [-0.2, 0) is 7.05 Å². The van der Waals surface area contributed by atoms with Crippen molar-refractivity contribution >= 4 is 11.7 Å². The van der Waals surface area contributed by atoms with Crippen LogP contribution in [0.5, 0.6) is 0 Å². The minimum atomic E-state index is -0.0367. The van der Waals surface area contributed by atoms with Crippen molar-refractivity contribution in [2.24, 2.45) is 7.05 Å². The number of aryl methyl sites for hydroxylation is 2. The van der Waals surface area contributed by atoms with E-state index in [0.29, 0.717) is 5.92 Å².